The molecule has 0 bridgehead atoms. The fourth-order valence-corrected chi connectivity index (χ4v) is 2.79. The van der Waals surface area contributed by atoms with Gasteiger partial charge in [0.15, 0.2) is 11.3 Å². The number of rotatable bonds is 3. The van der Waals surface area contributed by atoms with Gasteiger partial charge < -0.3 is 14.3 Å². The van der Waals surface area contributed by atoms with E-state index in [1.165, 1.54) is 24.5 Å². The maximum atomic E-state index is 12.5. The Morgan fingerprint density at radius 3 is 2.76 bits per heavy atom. The van der Waals surface area contributed by atoms with E-state index in [1.54, 1.807) is 29.6 Å². The molecule has 0 aliphatic heterocycles. The number of carbonyl (C=O) groups is 1. The third kappa shape index (κ3) is 2.19. The molecular formula is C15H10O5S. The van der Waals surface area contributed by atoms with Gasteiger partial charge in [0.25, 0.3) is 0 Å². The van der Waals surface area contributed by atoms with Crippen LogP contribution in [0.25, 0.3) is 21.6 Å². The number of aromatic carboxylic acids is 1. The van der Waals surface area contributed by atoms with Crippen LogP contribution in [-0.2, 0) is 0 Å². The second-order valence-electron chi connectivity index (χ2n) is 4.28. The predicted octanol–water partition coefficient (Wildman–Crippen LogP) is 3.23. The fraction of sp³-hybridized carbons (Fsp3) is 0.0667. The van der Waals surface area contributed by atoms with Crippen molar-refractivity contribution in [3.63, 3.8) is 0 Å². The SMILES string of the molecule is COc1ccc2oc(-c3cccs3)c(C(=O)O)c(=O)c2c1. The number of hydrogen-bond acceptors (Lipinski definition) is 5. The second kappa shape index (κ2) is 5.06. The van der Waals surface area contributed by atoms with Crippen LogP contribution >= 0.6 is 11.3 Å². The molecule has 0 fully saturated rings. The molecular weight excluding hydrogens is 292 g/mol. The highest BCUT2D eigenvalue weighted by Crippen LogP contribution is 2.30. The number of carboxylic acids is 1. The molecule has 0 aliphatic carbocycles. The summed E-state index contributed by atoms with van der Waals surface area (Å²) in [7, 11) is 1.47. The Hall–Kier alpha value is -2.60. The van der Waals surface area contributed by atoms with E-state index < -0.39 is 11.4 Å². The minimum absolute atomic E-state index is 0.0835. The van der Waals surface area contributed by atoms with Gasteiger partial charge in [-0.1, -0.05) is 6.07 Å². The van der Waals surface area contributed by atoms with Crippen LogP contribution in [0.4, 0.5) is 0 Å². The van der Waals surface area contributed by atoms with E-state index in [1.807, 2.05) is 0 Å². The van der Waals surface area contributed by atoms with Gasteiger partial charge in [-0.15, -0.1) is 11.3 Å². The van der Waals surface area contributed by atoms with Crippen molar-refractivity contribution in [2.45, 2.75) is 0 Å². The van der Waals surface area contributed by atoms with Crippen molar-refractivity contribution in [1.29, 1.82) is 0 Å². The Bertz CT molecular complexity index is 877. The van der Waals surface area contributed by atoms with Gasteiger partial charge in [0, 0.05) is 0 Å². The summed E-state index contributed by atoms with van der Waals surface area (Å²) in [4.78, 5) is 24.5. The Kier molecular flexibility index (Phi) is 3.23. The summed E-state index contributed by atoms with van der Waals surface area (Å²) in [6.45, 7) is 0. The van der Waals surface area contributed by atoms with E-state index in [4.69, 9.17) is 9.15 Å². The first kappa shape index (κ1) is 13.4. The second-order valence-corrected chi connectivity index (χ2v) is 5.23. The topological polar surface area (TPSA) is 76.7 Å². The summed E-state index contributed by atoms with van der Waals surface area (Å²) < 4.78 is 10.7. The zero-order chi connectivity index (χ0) is 15.0. The first-order chi connectivity index (χ1) is 10.1. The van der Waals surface area contributed by atoms with Gasteiger partial charge in [-0.3, -0.25) is 4.79 Å². The van der Waals surface area contributed by atoms with E-state index in [2.05, 4.69) is 0 Å². The monoisotopic (exact) mass is 302 g/mol. The van der Waals surface area contributed by atoms with Crippen LogP contribution in [0.5, 0.6) is 5.75 Å². The lowest BCUT2D eigenvalue weighted by molar-refractivity contribution is 0.0694. The zero-order valence-corrected chi connectivity index (χ0v) is 11.8. The highest BCUT2D eigenvalue weighted by atomic mass is 32.1. The van der Waals surface area contributed by atoms with E-state index in [9.17, 15) is 14.7 Å². The first-order valence-electron chi connectivity index (χ1n) is 6.04. The van der Waals surface area contributed by atoms with Crippen molar-refractivity contribution in [3.05, 3.63) is 51.5 Å². The molecule has 0 saturated carbocycles. The molecule has 5 nitrogen and oxygen atoms in total. The molecule has 0 amide bonds. The number of benzene rings is 1. The van der Waals surface area contributed by atoms with E-state index in [-0.39, 0.29) is 16.7 Å². The van der Waals surface area contributed by atoms with E-state index in [0.717, 1.165) is 0 Å². The molecule has 21 heavy (non-hydrogen) atoms. The lowest BCUT2D eigenvalue weighted by atomic mass is 10.1. The van der Waals surface area contributed by atoms with E-state index in [0.29, 0.717) is 16.2 Å². The summed E-state index contributed by atoms with van der Waals surface area (Å²) >= 11 is 1.31. The van der Waals surface area contributed by atoms with Gasteiger partial charge in [0.2, 0.25) is 5.43 Å². The van der Waals surface area contributed by atoms with Crippen molar-refractivity contribution < 1.29 is 19.1 Å². The van der Waals surface area contributed by atoms with E-state index >= 15 is 0 Å². The Morgan fingerprint density at radius 1 is 1.33 bits per heavy atom. The minimum atomic E-state index is -1.31. The third-order valence-electron chi connectivity index (χ3n) is 3.06. The summed E-state index contributed by atoms with van der Waals surface area (Å²) in [5.41, 5.74) is -0.613. The highest BCUT2D eigenvalue weighted by molar-refractivity contribution is 7.13. The van der Waals surface area contributed by atoms with Gasteiger partial charge in [-0.2, -0.15) is 0 Å². The number of thiophene rings is 1. The molecule has 0 aliphatic rings. The quantitative estimate of drug-likeness (QED) is 0.803. The fourth-order valence-electron chi connectivity index (χ4n) is 2.08. The highest BCUT2D eigenvalue weighted by Gasteiger charge is 2.22. The lowest BCUT2D eigenvalue weighted by Crippen LogP contribution is -2.16. The maximum absolute atomic E-state index is 12.5. The summed E-state index contributed by atoms with van der Waals surface area (Å²) in [6, 6.07) is 8.21. The molecule has 6 heteroatoms. The largest absolute Gasteiger partial charge is 0.497 e. The maximum Gasteiger partial charge on any atom is 0.343 e. The minimum Gasteiger partial charge on any atom is -0.497 e. The molecule has 2 heterocycles. The molecule has 0 unspecified atom stereocenters. The van der Waals surface area contributed by atoms with Crippen LogP contribution in [0, 0.1) is 0 Å². The molecule has 2 aromatic heterocycles. The molecule has 0 saturated heterocycles. The number of ether oxygens (including phenoxy) is 1. The van der Waals surface area contributed by atoms with Crippen LogP contribution in [0.1, 0.15) is 10.4 Å². The number of fused-ring (bicyclic) bond motifs is 1. The van der Waals surface area contributed by atoms with Crippen molar-refractivity contribution in [1.82, 2.24) is 0 Å². The Labute approximate surface area is 123 Å². The molecule has 3 rings (SSSR count). The molecule has 1 aromatic carbocycles. The molecule has 0 atom stereocenters. The average molecular weight is 302 g/mol. The average Bonchev–Trinajstić information content (AvgIpc) is 3.00. The molecule has 0 spiro atoms. The summed E-state index contributed by atoms with van der Waals surface area (Å²) in [5.74, 6) is -0.757. The Balaban J connectivity index is 2.41. The zero-order valence-electron chi connectivity index (χ0n) is 11.0. The van der Waals surface area contributed by atoms with Gasteiger partial charge in [0.05, 0.1) is 17.4 Å². The van der Waals surface area contributed by atoms with Gasteiger partial charge in [-0.05, 0) is 29.6 Å². The van der Waals surface area contributed by atoms with Gasteiger partial charge in [0.1, 0.15) is 11.3 Å². The van der Waals surface area contributed by atoms with Crippen molar-refractivity contribution >= 4 is 28.3 Å². The number of carboxylic acid groups (broad SMARTS) is 1. The predicted molar refractivity (Wildman–Crippen MR) is 79.3 cm³/mol. The van der Waals surface area contributed by atoms with Crippen molar-refractivity contribution in [3.8, 4) is 16.4 Å². The molecule has 1 N–H and O–H groups in total. The normalized spacial score (nSPS) is 10.7. The van der Waals surface area contributed by atoms with Crippen molar-refractivity contribution in [2.75, 3.05) is 7.11 Å². The summed E-state index contributed by atoms with van der Waals surface area (Å²) in [5, 5.41) is 11.3. The van der Waals surface area contributed by atoms with Crippen LogP contribution in [0.3, 0.4) is 0 Å². The smallest absolute Gasteiger partial charge is 0.343 e. The standard InChI is InChI=1S/C15H10O5S/c1-19-8-4-5-10-9(7-8)13(16)12(15(17)18)14(20-10)11-3-2-6-21-11/h2-7H,1H3,(H,17,18). The lowest BCUT2D eigenvalue weighted by Gasteiger charge is -2.06. The van der Waals surface area contributed by atoms with Gasteiger partial charge in [-0.25, -0.2) is 4.79 Å². The van der Waals surface area contributed by atoms with Crippen molar-refractivity contribution in [2.24, 2.45) is 0 Å². The van der Waals surface area contributed by atoms with Crippen LogP contribution in [0.15, 0.2) is 44.9 Å². The van der Waals surface area contributed by atoms with Crippen LogP contribution in [0.2, 0.25) is 0 Å². The van der Waals surface area contributed by atoms with Crippen LogP contribution in [-0.4, -0.2) is 18.2 Å². The molecule has 0 radical (unpaired) electrons. The number of methoxy groups -OCH3 is 1. The summed E-state index contributed by atoms with van der Waals surface area (Å²) in [6.07, 6.45) is 0. The molecule has 106 valence electrons. The van der Waals surface area contributed by atoms with Gasteiger partial charge >= 0.3 is 5.97 Å². The van der Waals surface area contributed by atoms with Crippen LogP contribution < -0.4 is 10.2 Å². The third-order valence-corrected chi connectivity index (χ3v) is 3.92. The Morgan fingerprint density at radius 2 is 2.14 bits per heavy atom. The first-order valence-corrected chi connectivity index (χ1v) is 6.92. The number of hydrogen-bond donors (Lipinski definition) is 1. The molecule has 3 aromatic rings.